The fourth-order valence-corrected chi connectivity index (χ4v) is 1.69. The van der Waals surface area contributed by atoms with Crippen molar-refractivity contribution in [1.29, 1.82) is 0 Å². The highest BCUT2D eigenvalue weighted by atomic mass is 35.5. The quantitative estimate of drug-likeness (QED) is 0.607. The minimum atomic E-state index is -0.0315. The highest BCUT2D eigenvalue weighted by molar-refractivity contribution is 6.44. The Morgan fingerprint density at radius 2 is 1.92 bits per heavy atom. The highest BCUT2D eigenvalue weighted by Crippen LogP contribution is 2.38. The van der Waals surface area contributed by atoms with E-state index < -0.39 is 0 Å². The molecule has 0 bridgehead atoms. The SMILES string of the molecule is C=CCc1c(O)c(Cl)cc(Cl)c1Cl. The Labute approximate surface area is 91.5 Å². The van der Waals surface area contributed by atoms with Gasteiger partial charge in [0.2, 0.25) is 0 Å². The van der Waals surface area contributed by atoms with Crippen LogP contribution in [0.4, 0.5) is 0 Å². The lowest BCUT2D eigenvalue weighted by Gasteiger charge is -2.07. The largest absolute Gasteiger partial charge is 0.506 e. The van der Waals surface area contributed by atoms with Crippen LogP contribution in [-0.2, 0) is 6.42 Å². The van der Waals surface area contributed by atoms with Crippen LogP contribution in [0.25, 0.3) is 0 Å². The van der Waals surface area contributed by atoms with Crippen LogP contribution in [0, 0.1) is 0 Å². The average molecular weight is 238 g/mol. The molecule has 0 aliphatic carbocycles. The molecule has 0 aliphatic heterocycles. The second kappa shape index (κ2) is 4.23. The summed E-state index contributed by atoms with van der Waals surface area (Å²) < 4.78 is 0. The number of allylic oxidation sites excluding steroid dienone is 1. The Morgan fingerprint density at radius 3 is 2.46 bits per heavy atom. The van der Waals surface area contributed by atoms with E-state index >= 15 is 0 Å². The predicted octanol–water partition coefficient (Wildman–Crippen LogP) is 4.08. The van der Waals surface area contributed by atoms with E-state index in [-0.39, 0.29) is 10.8 Å². The third-order valence-corrected chi connectivity index (χ3v) is 2.70. The van der Waals surface area contributed by atoms with Gasteiger partial charge in [0, 0.05) is 5.56 Å². The molecule has 0 aromatic heterocycles. The number of rotatable bonds is 2. The predicted molar refractivity (Wildman–Crippen MR) is 57.0 cm³/mol. The molecule has 0 amide bonds. The average Bonchev–Trinajstić information content (AvgIpc) is 2.09. The van der Waals surface area contributed by atoms with Gasteiger partial charge in [-0.2, -0.15) is 0 Å². The minimum Gasteiger partial charge on any atom is -0.506 e. The van der Waals surface area contributed by atoms with E-state index in [4.69, 9.17) is 34.8 Å². The standard InChI is InChI=1S/C9H7Cl3O/c1-2-3-5-8(12)6(10)4-7(11)9(5)13/h2,4,13H,1,3H2. The number of phenols is 1. The Balaban J connectivity index is 3.36. The maximum Gasteiger partial charge on any atom is 0.139 e. The van der Waals surface area contributed by atoms with E-state index in [0.29, 0.717) is 22.0 Å². The summed E-state index contributed by atoms with van der Waals surface area (Å²) in [5, 5.41) is 10.4. The molecule has 4 heteroatoms. The molecular formula is C9H7Cl3O. The second-order valence-corrected chi connectivity index (χ2v) is 3.67. The molecule has 1 aromatic rings. The highest BCUT2D eigenvalue weighted by Gasteiger charge is 2.12. The fourth-order valence-electron chi connectivity index (χ4n) is 0.966. The van der Waals surface area contributed by atoms with Crippen LogP contribution in [0.2, 0.25) is 15.1 Å². The van der Waals surface area contributed by atoms with Crippen LogP contribution >= 0.6 is 34.8 Å². The normalized spacial score (nSPS) is 10.1. The third-order valence-electron chi connectivity index (χ3n) is 1.59. The zero-order valence-electron chi connectivity index (χ0n) is 6.65. The van der Waals surface area contributed by atoms with E-state index in [1.54, 1.807) is 6.08 Å². The van der Waals surface area contributed by atoms with Gasteiger partial charge in [0.05, 0.1) is 15.1 Å². The van der Waals surface area contributed by atoms with Gasteiger partial charge in [0.1, 0.15) is 5.75 Å². The van der Waals surface area contributed by atoms with Gasteiger partial charge in [-0.05, 0) is 12.5 Å². The Bertz CT molecular complexity index is 321. The molecule has 0 atom stereocenters. The first kappa shape index (κ1) is 10.7. The number of benzene rings is 1. The van der Waals surface area contributed by atoms with Crippen molar-refractivity contribution >= 4 is 34.8 Å². The van der Waals surface area contributed by atoms with Crippen molar-refractivity contribution in [2.75, 3.05) is 0 Å². The summed E-state index contributed by atoms with van der Waals surface area (Å²) in [6.07, 6.45) is 2.05. The molecule has 0 unspecified atom stereocenters. The van der Waals surface area contributed by atoms with Crippen molar-refractivity contribution in [1.82, 2.24) is 0 Å². The summed E-state index contributed by atoms with van der Waals surface area (Å²) in [6, 6.07) is 1.41. The van der Waals surface area contributed by atoms with Gasteiger partial charge >= 0.3 is 0 Å². The zero-order valence-corrected chi connectivity index (χ0v) is 8.92. The van der Waals surface area contributed by atoms with Crippen LogP contribution in [0.5, 0.6) is 5.75 Å². The number of aromatic hydroxyl groups is 1. The number of halogens is 3. The van der Waals surface area contributed by atoms with Gasteiger partial charge in [-0.3, -0.25) is 0 Å². The van der Waals surface area contributed by atoms with Crippen molar-refractivity contribution in [2.24, 2.45) is 0 Å². The molecule has 0 saturated carbocycles. The van der Waals surface area contributed by atoms with E-state index in [0.717, 1.165) is 0 Å². The third kappa shape index (κ3) is 2.11. The molecule has 0 fully saturated rings. The number of hydrogen-bond acceptors (Lipinski definition) is 1. The summed E-state index contributed by atoms with van der Waals surface area (Å²) in [4.78, 5) is 0. The van der Waals surface area contributed by atoms with Gasteiger partial charge in [0.15, 0.2) is 0 Å². The van der Waals surface area contributed by atoms with Gasteiger partial charge in [-0.15, -0.1) is 6.58 Å². The molecular weight excluding hydrogens is 230 g/mol. The van der Waals surface area contributed by atoms with Crippen LogP contribution in [0.1, 0.15) is 5.56 Å². The van der Waals surface area contributed by atoms with Crippen LogP contribution in [-0.4, -0.2) is 5.11 Å². The van der Waals surface area contributed by atoms with E-state index in [9.17, 15) is 5.11 Å². The molecule has 1 aromatic carbocycles. The summed E-state index contributed by atoms with van der Waals surface area (Å²) >= 11 is 17.3. The summed E-state index contributed by atoms with van der Waals surface area (Å²) in [5.41, 5.74) is 0.508. The van der Waals surface area contributed by atoms with Crippen LogP contribution in [0.3, 0.4) is 0 Å². The molecule has 0 saturated heterocycles. The zero-order chi connectivity index (χ0) is 10.0. The van der Waals surface area contributed by atoms with Gasteiger partial charge in [-0.1, -0.05) is 40.9 Å². The number of hydrogen-bond donors (Lipinski definition) is 1. The van der Waals surface area contributed by atoms with Crippen molar-refractivity contribution in [3.05, 3.63) is 39.4 Å². The van der Waals surface area contributed by atoms with E-state index in [1.807, 2.05) is 0 Å². The van der Waals surface area contributed by atoms with Crippen LogP contribution in [0.15, 0.2) is 18.7 Å². The topological polar surface area (TPSA) is 20.2 Å². The molecule has 0 radical (unpaired) electrons. The lowest BCUT2D eigenvalue weighted by molar-refractivity contribution is 0.470. The Kier molecular flexibility index (Phi) is 3.48. The van der Waals surface area contributed by atoms with Gasteiger partial charge in [0.25, 0.3) is 0 Å². The minimum absolute atomic E-state index is 0.0315. The number of phenolic OH excluding ortho intramolecular Hbond substituents is 1. The lowest BCUT2D eigenvalue weighted by atomic mass is 10.1. The maximum atomic E-state index is 9.51. The Morgan fingerprint density at radius 1 is 1.31 bits per heavy atom. The fraction of sp³-hybridized carbons (Fsp3) is 0.111. The molecule has 0 heterocycles. The summed E-state index contributed by atoms with van der Waals surface area (Å²) in [5.74, 6) is -0.0315. The monoisotopic (exact) mass is 236 g/mol. The second-order valence-electron chi connectivity index (χ2n) is 2.47. The van der Waals surface area contributed by atoms with Crippen molar-refractivity contribution in [3.63, 3.8) is 0 Å². The van der Waals surface area contributed by atoms with Crippen molar-refractivity contribution in [3.8, 4) is 5.75 Å². The van der Waals surface area contributed by atoms with E-state index in [1.165, 1.54) is 6.07 Å². The van der Waals surface area contributed by atoms with E-state index in [2.05, 4.69) is 6.58 Å². The van der Waals surface area contributed by atoms with Gasteiger partial charge in [-0.25, -0.2) is 0 Å². The van der Waals surface area contributed by atoms with Crippen molar-refractivity contribution in [2.45, 2.75) is 6.42 Å². The molecule has 13 heavy (non-hydrogen) atoms. The lowest BCUT2D eigenvalue weighted by Crippen LogP contribution is -1.86. The summed E-state index contributed by atoms with van der Waals surface area (Å²) in [7, 11) is 0. The maximum absolute atomic E-state index is 9.51. The molecule has 0 spiro atoms. The first-order chi connectivity index (χ1) is 6.07. The summed E-state index contributed by atoms with van der Waals surface area (Å²) in [6.45, 7) is 3.54. The molecule has 1 nitrogen and oxygen atoms in total. The smallest absolute Gasteiger partial charge is 0.139 e. The van der Waals surface area contributed by atoms with Gasteiger partial charge < -0.3 is 5.11 Å². The first-order valence-electron chi connectivity index (χ1n) is 3.54. The van der Waals surface area contributed by atoms with Crippen molar-refractivity contribution < 1.29 is 5.11 Å². The molecule has 1 N–H and O–H groups in total. The Hall–Kier alpha value is -0.370. The molecule has 1 rings (SSSR count). The molecule has 70 valence electrons. The van der Waals surface area contributed by atoms with Crippen LogP contribution < -0.4 is 0 Å². The first-order valence-corrected chi connectivity index (χ1v) is 4.67. The molecule has 0 aliphatic rings.